The van der Waals surface area contributed by atoms with Gasteiger partial charge in [-0.15, -0.1) is 0 Å². The molecule has 0 aliphatic carbocycles. The number of sulfonamides is 1. The van der Waals surface area contributed by atoms with Crippen LogP contribution < -0.4 is 10.0 Å². The Bertz CT molecular complexity index is 1030. The Morgan fingerprint density at radius 3 is 2.48 bits per heavy atom. The first-order chi connectivity index (χ1) is 12.8. The zero-order chi connectivity index (χ0) is 19.6. The second-order valence-electron chi connectivity index (χ2n) is 7.01. The van der Waals surface area contributed by atoms with E-state index < -0.39 is 10.0 Å². The average Bonchev–Trinajstić information content (AvgIpc) is 3.04. The van der Waals surface area contributed by atoms with Gasteiger partial charge in [0.25, 0.3) is 0 Å². The van der Waals surface area contributed by atoms with Crippen molar-refractivity contribution in [2.24, 2.45) is 0 Å². The minimum Gasteiger partial charge on any atom is -0.383 e. The molecule has 3 aromatic rings. The zero-order valence-electron chi connectivity index (χ0n) is 16.1. The molecule has 1 aromatic heterocycles. The first-order valence-corrected chi connectivity index (χ1v) is 10.6. The van der Waals surface area contributed by atoms with Crippen LogP contribution in [0.5, 0.6) is 0 Å². The fraction of sp³-hybridized carbons (Fsp3) is 0.350. The SMILES string of the molecule is CC[C@@H](CNc1ccc2cn[nH]c2c1)NS(=O)(=O)c1c(C)cc(C)cc1C. The van der Waals surface area contributed by atoms with Gasteiger partial charge in [0, 0.05) is 23.7 Å². The van der Waals surface area contributed by atoms with Crippen LogP contribution in [0.4, 0.5) is 5.69 Å². The summed E-state index contributed by atoms with van der Waals surface area (Å²) in [6, 6.07) is 9.50. The molecule has 0 unspecified atom stereocenters. The molecule has 1 heterocycles. The molecular formula is C20H26N4O2S. The Labute approximate surface area is 160 Å². The molecule has 0 bridgehead atoms. The summed E-state index contributed by atoms with van der Waals surface area (Å²) in [5.74, 6) is 0. The number of benzene rings is 2. The predicted octanol–water partition coefficient (Wildman–Crippen LogP) is 3.66. The first kappa shape index (κ1) is 19.4. The van der Waals surface area contributed by atoms with E-state index in [9.17, 15) is 8.42 Å². The molecule has 144 valence electrons. The van der Waals surface area contributed by atoms with Crippen molar-refractivity contribution < 1.29 is 8.42 Å². The van der Waals surface area contributed by atoms with Gasteiger partial charge >= 0.3 is 0 Å². The molecule has 0 saturated heterocycles. The van der Waals surface area contributed by atoms with Crippen molar-refractivity contribution in [3.05, 3.63) is 53.2 Å². The summed E-state index contributed by atoms with van der Waals surface area (Å²) >= 11 is 0. The highest BCUT2D eigenvalue weighted by Crippen LogP contribution is 2.22. The normalized spacial score (nSPS) is 13.0. The van der Waals surface area contributed by atoms with Gasteiger partial charge in [0.15, 0.2) is 0 Å². The van der Waals surface area contributed by atoms with Crippen molar-refractivity contribution in [3.63, 3.8) is 0 Å². The predicted molar refractivity (Wildman–Crippen MR) is 110 cm³/mol. The molecule has 0 radical (unpaired) electrons. The smallest absolute Gasteiger partial charge is 0.241 e. The lowest BCUT2D eigenvalue weighted by atomic mass is 10.1. The largest absolute Gasteiger partial charge is 0.383 e. The van der Waals surface area contributed by atoms with Crippen LogP contribution in [0.1, 0.15) is 30.0 Å². The van der Waals surface area contributed by atoms with Crippen LogP contribution in [0.25, 0.3) is 10.9 Å². The summed E-state index contributed by atoms with van der Waals surface area (Å²) in [5.41, 5.74) is 4.47. The summed E-state index contributed by atoms with van der Waals surface area (Å²) in [6.07, 6.45) is 2.46. The molecule has 1 atom stereocenters. The standard InChI is InChI=1S/C20H26N4O2S/c1-5-17(12-21-18-7-6-16-11-22-23-19(16)10-18)24-27(25,26)20-14(3)8-13(2)9-15(20)4/h6-11,17,21,24H,5,12H2,1-4H3,(H,22,23)/t17-/m0/s1. The molecule has 0 amide bonds. The third kappa shape index (κ3) is 4.31. The Balaban J connectivity index is 1.74. The van der Waals surface area contributed by atoms with E-state index in [1.165, 1.54) is 0 Å². The number of anilines is 1. The topological polar surface area (TPSA) is 86.9 Å². The Hall–Kier alpha value is -2.38. The highest BCUT2D eigenvalue weighted by Gasteiger charge is 2.23. The van der Waals surface area contributed by atoms with Crippen LogP contribution in [0.2, 0.25) is 0 Å². The Morgan fingerprint density at radius 1 is 1.11 bits per heavy atom. The van der Waals surface area contributed by atoms with Crippen LogP contribution in [-0.2, 0) is 10.0 Å². The van der Waals surface area contributed by atoms with Gasteiger partial charge in [0.2, 0.25) is 10.0 Å². The van der Waals surface area contributed by atoms with Crippen molar-refractivity contribution in [1.29, 1.82) is 0 Å². The summed E-state index contributed by atoms with van der Waals surface area (Å²) in [6.45, 7) is 8.13. The molecule has 0 fully saturated rings. The van der Waals surface area contributed by atoms with E-state index in [-0.39, 0.29) is 6.04 Å². The van der Waals surface area contributed by atoms with Crippen molar-refractivity contribution in [3.8, 4) is 0 Å². The van der Waals surface area contributed by atoms with Crippen LogP contribution in [-0.4, -0.2) is 31.2 Å². The maximum absolute atomic E-state index is 13.0. The molecule has 0 saturated carbocycles. The molecular weight excluding hydrogens is 360 g/mol. The molecule has 0 aliphatic heterocycles. The molecule has 7 heteroatoms. The monoisotopic (exact) mass is 386 g/mol. The lowest BCUT2D eigenvalue weighted by Gasteiger charge is -2.20. The Kier molecular flexibility index (Phi) is 5.53. The maximum atomic E-state index is 13.0. The number of aromatic amines is 1. The van der Waals surface area contributed by atoms with Crippen molar-refractivity contribution in [2.75, 3.05) is 11.9 Å². The molecule has 27 heavy (non-hydrogen) atoms. The molecule has 2 aromatic carbocycles. The molecule has 0 spiro atoms. The van der Waals surface area contributed by atoms with E-state index in [0.717, 1.165) is 33.3 Å². The summed E-state index contributed by atoms with van der Waals surface area (Å²) in [5, 5.41) is 11.3. The van der Waals surface area contributed by atoms with E-state index in [2.05, 4.69) is 20.2 Å². The van der Waals surface area contributed by atoms with Gasteiger partial charge in [0.05, 0.1) is 16.6 Å². The third-order valence-electron chi connectivity index (χ3n) is 4.68. The molecule has 6 nitrogen and oxygen atoms in total. The van der Waals surface area contributed by atoms with E-state index in [0.29, 0.717) is 17.9 Å². The minimum absolute atomic E-state index is 0.215. The molecule has 3 rings (SSSR count). The van der Waals surface area contributed by atoms with Crippen LogP contribution >= 0.6 is 0 Å². The highest BCUT2D eigenvalue weighted by molar-refractivity contribution is 7.89. The van der Waals surface area contributed by atoms with Gasteiger partial charge in [-0.1, -0.05) is 24.6 Å². The third-order valence-corrected chi connectivity index (χ3v) is 6.51. The van der Waals surface area contributed by atoms with Crippen molar-refractivity contribution in [2.45, 2.75) is 45.1 Å². The van der Waals surface area contributed by atoms with Crippen LogP contribution in [0.3, 0.4) is 0 Å². The summed E-state index contributed by atoms with van der Waals surface area (Å²) < 4.78 is 28.8. The second kappa shape index (κ2) is 7.70. The van der Waals surface area contributed by atoms with Gasteiger partial charge in [-0.25, -0.2) is 13.1 Å². The van der Waals surface area contributed by atoms with Crippen molar-refractivity contribution >= 4 is 26.6 Å². The fourth-order valence-electron chi connectivity index (χ4n) is 3.43. The summed E-state index contributed by atoms with van der Waals surface area (Å²) in [7, 11) is -3.59. The lowest BCUT2D eigenvalue weighted by molar-refractivity contribution is 0.547. The van der Waals surface area contributed by atoms with Crippen LogP contribution in [0, 0.1) is 20.8 Å². The van der Waals surface area contributed by atoms with Gasteiger partial charge in [-0.2, -0.15) is 5.10 Å². The number of hydrogen-bond acceptors (Lipinski definition) is 4. The van der Waals surface area contributed by atoms with Gasteiger partial charge in [-0.3, -0.25) is 5.10 Å². The number of aromatic nitrogens is 2. The van der Waals surface area contributed by atoms with Crippen molar-refractivity contribution in [1.82, 2.24) is 14.9 Å². The number of H-pyrrole nitrogens is 1. The number of fused-ring (bicyclic) bond motifs is 1. The average molecular weight is 387 g/mol. The lowest BCUT2D eigenvalue weighted by Crippen LogP contribution is -2.39. The van der Waals surface area contributed by atoms with E-state index in [1.807, 2.05) is 58.0 Å². The quantitative estimate of drug-likeness (QED) is 0.578. The molecule has 0 aliphatic rings. The number of rotatable bonds is 7. The van der Waals surface area contributed by atoms with E-state index in [4.69, 9.17) is 0 Å². The fourth-order valence-corrected chi connectivity index (χ4v) is 5.20. The van der Waals surface area contributed by atoms with E-state index >= 15 is 0 Å². The minimum atomic E-state index is -3.59. The van der Waals surface area contributed by atoms with Gasteiger partial charge in [-0.05, 0) is 56.5 Å². The van der Waals surface area contributed by atoms with Gasteiger partial charge < -0.3 is 5.32 Å². The maximum Gasteiger partial charge on any atom is 0.241 e. The second-order valence-corrected chi connectivity index (χ2v) is 8.66. The first-order valence-electron chi connectivity index (χ1n) is 9.07. The van der Waals surface area contributed by atoms with Crippen LogP contribution in [0.15, 0.2) is 41.4 Å². The number of nitrogens with zero attached hydrogens (tertiary/aromatic N) is 1. The summed E-state index contributed by atoms with van der Waals surface area (Å²) in [4.78, 5) is 0.380. The number of nitrogens with one attached hydrogen (secondary N) is 3. The number of aryl methyl sites for hydroxylation is 3. The Morgan fingerprint density at radius 2 is 1.81 bits per heavy atom. The zero-order valence-corrected chi connectivity index (χ0v) is 16.9. The van der Waals surface area contributed by atoms with Gasteiger partial charge in [0.1, 0.15) is 0 Å². The van der Waals surface area contributed by atoms with E-state index in [1.54, 1.807) is 6.20 Å². The molecule has 3 N–H and O–H groups in total. The number of hydrogen-bond donors (Lipinski definition) is 3. The highest BCUT2D eigenvalue weighted by atomic mass is 32.2.